The molecule has 0 aliphatic carbocycles. The van der Waals surface area contributed by atoms with Crippen LogP contribution in [0.2, 0.25) is 0 Å². The molecule has 0 spiro atoms. The summed E-state index contributed by atoms with van der Waals surface area (Å²) in [5.74, 6) is -0.0964. The van der Waals surface area contributed by atoms with Gasteiger partial charge in [-0.25, -0.2) is 4.98 Å². The van der Waals surface area contributed by atoms with Crippen molar-refractivity contribution in [2.24, 2.45) is 0 Å². The van der Waals surface area contributed by atoms with Crippen LogP contribution >= 0.6 is 11.3 Å². The molecule has 1 aromatic carbocycles. The molecule has 4 nitrogen and oxygen atoms in total. The van der Waals surface area contributed by atoms with Gasteiger partial charge in [0.25, 0.3) is 5.91 Å². The quantitative estimate of drug-likeness (QED) is 0.913. The zero-order chi connectivity index (χ0) is 16.4. The Hall–Kier alpha value is -1.88. The summed E-state index contributed by atoms with van der Waals surface area (Å²) in [4.78, 5) is 19.3. The number of thiazole rings is 1. The van der Waals surface area contributed by atoms with E-state index in [2.05, 4.69) is 42.0 Å². The second kappa shape index (κ2) is 6.32. The van der Waals surface area contributed by atoms with Crippen molar-refractivity contribution in [3.63, 3.8) is 0 Å². The molecule has 0 radical (unpaired) electrons. The predicted molar refractivity (Wildman–Crippen MR) is 96.7 cm³/mol. The normalized spacial score (nSPS) is 15.0. The highest BCUT2D eigenvalue weighted by molar-refractivity contribution is 7.14. The SMILES string of the molecule is CC(C)(C)c1csc(NC(=O)c2cccc(N3CCCC3)c2)n1. The Morgan fingerprint density at radius 1 is 1.26 bits per heavy atom. The number of rotatable bonds is 3. The van der Waals surface area contributed by atoms with E-state index in [1.807, 2.05) is 23.6 Å². The third-order valence-electron chi connectivity index (χ3n) is 4.07. The second-order valence-electron chi connectivity index (χ2n) is 6.99. The molecule has 1 aliphatic heterocycles. The van der Waals surface area contributed by atoms with Crippen LogP contribution in [0.3, 0.4) is 0 Å². The molecule has 1 aliphatic rings. The number of amides is 1. The summed E-state index contributed by atoms with van der Waals surface area (Å²) < 4.78 is 0. The van der Waals surface area contributed by atoms with E-state index in [0.29, 0.717) is 10.7 Å². The van der Waals surface area contributed by atoms with Crippen LogP contribution in [0.15, 0.2) is 29.6 Å². The molecule has 1 fully saturated rings. The van der Waals surface area contributed by atoms with Gasteiger partial charge in [-0.15, -0.1) is 11.3 Å². The lowest BCUT2D eigenvalue weighted by atomic mass is 9.93. The molecule has 2 aromatic rings. The molecular weight excluding hydrogens is 306 g/mol. The van der Waals surface area contributed by atoms with Crippen molar-refractivity contribution in [3.8, 4) is 0 Å². The number of benzene rings is 1. The van der Waals surface area contributed by atoms with Crippen LogP contribution in [0, 0.1) is 0 Å². The van der Waals surface area contributed by atoms with E-state index >= 15 is 0 Å². The Labute approximate surface area is 141 Å². The van der Waals surface area contributed by atoms with Crippen molar-refractivity contribution < 1.29 is 4.79 Å². The van der Waals surface area contributed by atoms with Crippen LogP contribution in [-0.2, 0) is 5.41 Å². The zero-order valence-corrected chi connectivity index (χ0v) is 14.7. The van der Waals surface area contributed by atoms with E-state index in [4.69, 9.17) is 0 Å². The number of carbonyl (C=O) groups excluding carboxylic acids is 1. The van der Waals surface area contributed by atoms with Crippen molar-refractivity contribution in [2.45, 2.75) is 39.0 Å². The summed E-state index contributed by atoms with van der Waals surface area (Å²) in [6.45, 7) is 8.51. The van der Waals surface area contributed by atoms with Gasteiger partial charge in [0.1, 0.15) is 0 Å². The third kappa shape index (κ3) is 3.72. The Bertz CT molecular complexity index is 696. The number of nitrogens with one attached hydrogen (secondary N) is 1. The molecule has 122 valence electrons. The number of aromatic nitrogens is 1. The van der Waals surface area contributed by atoms with E-state index in [1.54, 1.807) is 0 Å². The van der Waals surface area contributed by atoms with Gasteiger partial charge < -0.3 is 4.90 Å². The molecule has 2 heterocycles. The van der Waals surface area contributed by atoms with Gasteiger partial charge in [-0.05, 0) is 31.0 Å². The molecule has 0 atom stereocenters. The van der Waals surface area contributed by atoms with Gasteiger partial charge in [0.15, 0.2) is 5.13 Å². The van der Waals surface area contributed by atoms with E-state index < -0.39 is 0 Å². The van der Waals surface area contributed by atoms with Gasteiger partial charge in [-0.3, -0.25) is 10.1 Å². The van der Waals surface area contributed by atoms with Crippen LogP contribution in [0.4, 0.5) is 10.8 Å². The first kappa shape index (κ1) is 16.0. The molecule has 0 bridgehead atoms. The van der Waals surface area contributed by atoms with Crippen LogP contribution in [0.1, 0.15) is 49.7 Å². The topological polar surface area (TPSA) is 45.2 Å². The minimum absolute atomic E-state index is 0.00481. The average molecular weight is 329 g/mol. The molecule has 1 N–H and O–H groups in total. The fraction of sp³-hybridized carbons (Fsp3) is 0.444. The van der Waals surface area contributed by atoms with Crippen LogP contribution < -0.4 is 10.2 Å². The first-order chi connectivity index (χ1) is 10.9. The lowest BCUT2D eigenvalue weighted by Gasteiger charge is -2.18. The van der Waals surface area contributed by atoms with Gasteiger partial charge in [-0.1, -0.05) is 26.8 Å². The van der Waals surface area contributed by atoms with Crippen LogP contribution in [0.5, 0.6) is 0 Å². The molecule has 0 saturated carbocycles. The number of carbonyl (C=O) groups is 1. The minimum Gasteiger partial charge on any atom is -0.372 e. The van der Waals surface area contributed by atoms with E-state index in [0.717, 1.165) is 24.5 Å². The summed E-state index contributed by atoms with van der Waals surface area (Å²) in [6.07, 6.45) is 2.45. The molecule has 3 rings (SSSR count). The van der Waals surface area contributed by atoms with Gasteiger partial charge in [0.2, 0.25) is 0 Å². The van der Waals surface area contributed by atoms with Gasteiger partial charge in [0, 0.05) is 35.1 Å². The number of hydrogen-bond donors (Lipinski definition) is 1. The molecular formula is C18H23N3OS. The molecule has 1 aromatic heterocycles. The van der Waals surface area contributed by atoms with Gasteiger partial charge >= 0.3 is 0 Å². The monoisotopic (exact) mass is 329 g/mol. The summed E-state index contributed by atoms with van der Waals surface area (Å²) in [5, 5.41) is 5.59. The number of nitrogens with zero attached hydrogens (tertiary/aromatic N) is 2. The maximum Gasteiger partial charge on any atom is 0.257 e. The Balaban J connectivity index is 1.73. The highest BCUT2D eigenvalue weighted by Crippen LogP contribution is 2.27. The fourth-order valence-electron chi connectivity index (χ4n) is 2.66. The standard InChI is InChI=1S/C18H23N3OS/c1-18(2,3)15-12-23-17(19-15)20-16(22)13-7-6-8-14(11-13)21-9-4-5-10-21/h6-8,11-12H,4-5,9-10H2,1-3H3,(H,19,20,22). The molecule has 0 unspecified atom stereocenters. The van der Waals surface area contributed by atoms with E-state index in [1.165, 1.54) is 24.2 Å². The molecule has 23 heavy (non-hydrogen) atoms. The van der Waals surface area contributed by atoms with Gasteiger partial charge in [-0.2, -0.15) is 0 Å². The summed E-state index contributed by atoms with van der Waals surface area (Å²) >= 11 is 1.48. The Morgan fingerprint density at radius 2 is 2.00 bits per heavy atom. The van der Waals surface area contributed by atoms with Crippen molar-refractivity contribution >= 4 is 28.1 Å². The smallest absolute Gasteiger partial charge is 0.257 e. The van der Waals surface area contributed by atoms with Gasteiger partial charge in [0.05, 0.1) is 5.69 Å². The van der Waals surface area contributed by atoms with Crippen molar-refractivity contribution in [1.29, 1.82) is 0 Å². The summed E-state index contributed by atoms with van der Waals surface area (Å²) in [6, 6.07) is 7.85. The maximum atomic E-state index is 12.5. The van der Waals surface area contributed by atoms with Crippen molar-refractivity contribution in [1.82, 2.24) is 4.98 Å². The Kier molecular flexibility index (Phi) is 4.39. The highest BCUT2D eigenvalue weighted by atomic mass is 32.1. The predicted octanol–water partition coefficient (Wildman–Crippen LogP) is 4.29. The van der Waals surface area contributed by atoms with Crippen LogP contribution in [0.25, 0.3) is 0 Å². The summed E-state index contributed by atoms with van der Waals surface area (Å²) in [7, 11) is 0. The largest absolute Gasteiger partial charge is 0.372 e. The third-order valence-corrected chi connectivity index (χ3v) is 4.83. The van der Waals surface area contributed by atoms with Crippen LogP contribution in [-0.4, -0.2) is 24.0 Å². The second-order valence-corrected chi connectivity index (χ2v) is 7.84. The average Bonchev–Trinajstić information content (AvgIpc) is 3.18. The minimum atomic E-state index is -0.0964. The lowest BCUT2D eigenvalue weighted by molar-refractivity contribution is 0.102. The molecule has 1 saturated heterocycles. The first-order valence-electron chi connectivity index (χ1n) is 8.06. The molecule has 5 heteroatoms. The van der Waals surface area contributed by atoms with Crippen molar-refractivity contribution in [2.75, 3.05) is 23.3 Å². The van der Waals surface area contributed by atoms with Crippen molar-refractivity contribution in [3.05, 3.63) is 40.9 Å². The molecule has 1 amide bonds. The highest BCUT2D eigenvalue weighted by Gasteiger charge is 2.19. The lowest BCUT2D eigenvalue weighted by Crippen LogP contribution is -2.19. The Morgan fingerprint density at radius 3 is 2.65 bits per heavy atom. The first-order valence-corrected chi connectivity index (χ1v) is 8.94. The number of anilines is 2. The van der Waals surface area contributed by atoms with E-state index in [-0.39, 0.29) is 11.3 Å². The summed E-state index contributed by atoms with van der Waals surface area (Å²) in [5.41, 5.74) is 2.81. The zero-order valence-electron chi connectivity index (χ0n) is 13.9. The maximum absolute atomic E-state index is 12.5. The van der Waals surface area contributed by atoms with E-state index in [9.17, 15) is 4.79 Å². The number of hydrogen-bond acceptors (Lipinski definition) is 4. The fourth-order valence-corrected chi connectivity index (χ4v) is 3.60.